The first-order valence-corrected chi connectivity index (χ1v) is 10.8. The zero-order valence-corrected chi connectivity index (χ0v) is 19.9. The zero-order valence-electron chi connectivity index (χ0n) is 19.9. The maximum atomic E-state index is 13.8. The Labute approximate surface area is 203 Å². The molecule has 0 unspecified atom stereocenters. The molecule has 0 radical (unpaired) electrons. The highest BCUT2D eigenvalue weighted by molar-refractivity contribution is 5.89. The number of alkyl halides is 3. The molecular formula is C25H23F3O8. The van der Waals surface area contributed by atoms with Crippen molar-refractivity contribution in [2.24, 2.45) is 0 Å². The maximum Gasteiger partial charge on any atom is 0.453 e. The lowest BCUT2D eigenvalue weighted by molar-refractivity contribution is -0.157. The molecule has 0 aliphatic carbocycles. The van der Waals surface area contributed by atoms with Crippen molar-refractivity contribution in [3.05, 3.63) is 64.0 Å². The number of halogens is 3. The number of carbonyl (C=O) groups is 2. The largest absolute Gasteiger partial charge is 0.482 e. The molecule has 8 nitrogen and oxygen atoms in total. The second-order valence-electron chi connectivity index (χ2n) is 8.47. The second-order valence-corrected chi connectivity index (χ2v) is 8.47. The number of hydrogen-bond donors (Lipinski definition) is 0. The van der Waals surface area contributed by atoms with Gasteiger partial charge in [-0.05, 0) is 64.1 Å². The number of benzene rings is 2. The standard InChI is InChI=1S/C25H23F3O8/c1-5-32-23(31)14-6-8-15(9-7-14)34-21-20(30)17-11-10-16(33-13-19(29)36-24(2,3)4)12-18(17)35-22(21)25(26,27)28/h6-12H,5,13H2,1-4H3. The molecule has 0 saturated carbocycles. The molecule has 0 fully saturated rings. The summed E-state index contributed by atoms with van der Waals surface area (Å²) in [6.07, 6.45) is -5.07. The van der Waals surface area contributed by atoms with Gasteiger partial charge < -0.3 is 23.4 Å². The summed E-state index contributed by atoms with van der Waals surface area (Å²) in [7, 11) is 0. The highest BCUT2D eigenvalue weighted by Crippen LogP contribution is 2.38. The van der Waals surface area contributed by atoms with E-state index in [0.717, 1.165) is 6.07 Å². The topological polar surface area (TPSA) is 101 Å². The van der Waals surface area contributed by atoms with Gasteiger partial charge in [0.2, 0.25) is 11.2 Å². The van der Waals surface area contributed by atoms with Gasteiger partial charge >= 0.3 is 18.1 Å². The fourth-order valence-corrected chi connectivity index (χ4v) is 3.03. The summed E-state index contributed by atoms with van der Waals surface area (Å²) in [5, 5.41) is -0.203. The van der Waals surface area contributed by atoms with E-state index >= 15 is 0 Å². The van der Waals surface area contributed by atoms with Crippen molar-refractivity contribution < 1.29 is 46.1 Å². The third-order valence-electron chi connectivity index (χ3n) is 4.44. The number of esters is 2. The van der Waals surface area contributed by atoms with Crippen LogP contribution in [0.15, 0.2) is 51.7 Å². The maximum absolute atomic E-state index is 13.8. The van der Waals surface area contributed by atoms with Crippen molar-refractivity contribution in [2.45, 2.75) is 39.5 Å². The minimum absolute atomic E-state index is 0.00661. The van der Waals surface area contributed by atoms with Crippen molar-refractivity contribution in [1.82, 2.24) is 0 Å². The van der Waals surface area contributed by atoms with Crippen molar-refractivity contribution in [2.75, 3.05) is 13.2 Å². The van der Waals surface area contributed by atoms with Crippen LogP contribution in [-0.4, -0.2) is 30.8 Å². The average molecular weight is 508 g/mol. The molecule has 0 spiro atoms. The monoisotopic (exact) mass is 508 g/mol. The third kappa shape index (κ3) is 6.55. The zero-order chi connectivity index (χ0) is 26.7. The van der Waals surface area contributed by atoms with Gasteiger partial charge in [0.1, 0.15) is 22.7 Å². The fraction of sp³-hybridized carbons (Fsp3) is 0.320. The predicted octanol–water partition coefficient (Wildman–Crippen LogP) is 5.50. The van der Waals surface area contributed by atoms with Crippen LogP contribution in [0.4, 0.5) is 13.2 Å². The van der Waals surface area contributed by atoms with Crippen LogP contribution in [0.3, 0.4) is 0 Å². The lowest BCUT2D eigenvalue weighted by Crippen LogP contribution is -2.27. The smallest absolute Gasteiger partial charge is 0.453 e. The molecule has 0 atom stereocenters. The first-order valence-electron chi connectivity index (χ1n) is 10.8. The molecule has 3 rings (SSSR count). The van der Waals surface area contributed by atoms with E-state index in [0.29, 0.717) is 0 Å². The highest BCUT2D eigenvalue weighted by Gasteiger charge is 2.40. The Morgan fingerprint density at radius 3 is 2.19 bits per heavy atom. The summed E-state index contributed by atoms with van der Waals surface area (Å²) in [6, 6.07) is 8.59. The third-order valence-corrected chi connectivity index (χ3v) is 4.44. The molecule has 11 heteroatoms. The van der Waals surface area contributed by atoms with Crippen LogP contribution in [0.25, 0.3) is 11.0 Å². The Bertz CT molecular complexity index is 1320. The summed E-state index contributed by atoms with van der Waals surface area (Å²) in [5.41, 5.74) is -2.08. The Balaban J connectivity index is 1.93. The molecule has 0 aliphatic heterocycles. The van der Waals surface area contributed by atoms with Crippen LogP contribution in [-0.2, 0) is 20.4 Å². The number of hydrogen-bond acceptors (Lipinski definition) is 8. The summed E-state index contributed by atoms with van der Waals surface area (Å²) in [4.78, 5) is 36.5. The number of carbonyl (C=O) groups excluding carboxylic acids is 2. The normalized spacial score (nSPS) is 11.8. The van der Waals surface area contributed by atoms with Gasteiger partial charge in [0.05, 0.1) is 17.6 Å². The Kier molecular flexibility index (Phi) is 7.61. The lowest BCUT2D eigenvalue weighted by atomic mass is 10.2. The van der Waals surface area contributed by atoms with Crippen molar-refractivity contribution in [1.29, 1.82) is 0 Å². The van der Waals surface area contributed by atoms with Crippen LogP contribution in [0.5, 0.6) is 17.2 Å². The van der Waals surface area contributed by atoms with Crippen LogP contribution in [0.2, 0.25) is 0 Å². The van der Waals surface area contributed by atoms with E-state index < -0.39 is 52.8 Å². The quantitative estimate of drug-likeness (QED) is 0.386. The Morgan fingerprint density at radius 2 is 1.61 bits per heavy atom. The molecule has 192 valence electrons. The predicted molar refractivity (Wildman–Crippen MR) is 121 cm³/mol. The molecule has 0 bridgehead atoms. The summed E-state index contributed by atoms with van der Waals surface area (Å²) < 4.78 is 66.8. The minimum atomic E-state index is -5.07. The molecule has 1 aromatic heterocycles. The lowest BCUT2D eigenvalue weighted by Gasteiger charge is -2.19. The van der Waals surface area contributed by atoms with E-state index in [1.165, 1.54) is 36.4 Å². The van der Waals surface area contributed by atoms with Crippen LogP contribution >= 0.6 is 0 Å². The fourth-order valence-electron chi connectivity index (χ4n) is 3.03. The van der Waals surface area contributed by atoms with E-state index in [2.05, 4.69) is 0 Å². The van der Waals surface area contributed by atoms with Gasteiger partial charge in [0.25, 0.3) is 5.76 Å². The Morgan fingerprint density at radius 1 is 0.972 bits per heavy atom. The molecule has 0 aliphatic rings. The van der Waals surface area contributed by atoms with E-state index in [9.17, 15) is 27.6 Å². The molecule has 0 N–H and O–H groups in total. The summed E-state index contributed by atoms with van der Waals surface area (Å²) in [6.45, 7) is 6.29. The van der Waals surface area contributed by atoms with Gasteiger partial charge in [-0.25, -0.2) is 9.59 Å². The molecule has 0 amide bonds. The number of rotatable bonds is 7. The molecule has 36 heavy (non-hydrogen) atoms. The SMILES string of the molecule is CCOC(=O)c1ccc(Oc2c(C(F)(F)F)oc3cc(OCC(=O)OC(C)(C)C)ccc3c2=O)cc1. The van der Waals surface area contributed by atoms with Crippen molar-refractivity contribution in [3.8, 4) is 17.2 Å². The van der Waals surface area contributed by atoms with E-state index in [1.807, 2.05) is 0 Å². The summed E-state index contributed by atoms with van der Waals surface area (Å²) >= 11 is 0. The molecule has 1 heterocycles. The molecule has 3 aromatic rings. The first kappa shape index (κ1) is 26.6. The van der Waals surface area contributed by atoms with Gasteiger partial charge in [-0.2, -0.15) is 13.2 Å². The first-order chi connectivity index (χ1) is 16.8. The molecule has 2 aromatic carbocycles. The minimum Gasteiger partial charge on any atom is -0.482 e. The second kappa shape index (κ2) is 10.3. The number of ether oxygens (including phenoxy) is 4. The van der Waals surface area contributed by atoms with Crippen molar-refractivity contribution in [3.63, 3.8) is 0 Å². The average Bonchev–Trinajstić information content (AvgIpc) is 2.78. The van der Waals surface area contributed by atoms with Crippen LogP contribution < -0.4 is 14.9 Å². The van der Waals surface area contributed by atoms with E-state index in [-0.39, 0.29) is 29.1 Å². The molecule has 0 saturated heterocycles. The van der Waals surface area contributed by atoms with Gasteiger partial charge in [0.15, 0.2) is 6.61 Å². The van der Waals surface area contributed by atoms with Gasteiger partial charge in [-0.1, -0.05) is 0 Å². The van der Waals surface area contributed by atoms with Gasteiger partial charge in [-0.15, -0.1) is 0 Å². The Hall–Kier alpha value is -4.02. The van der Waals surface area contributed by atoms with Crippen LogP contribution in [0.1, 0.15) is 43.8 Å². The van der Waals surface area contributed by atoms with Gasteiger partial charge in [-0.3, -0.25) is 4.79 Å². The van der Waals surface area contributed by atoms with E-state index in [1.54, 1.807) is 27.7 Å². The summed E-state index contributed by atoms with van der Waals surface area (Å²) in [5.74, 6) is -4.15. The van der Waals surface area contributed by atoms with E-state index in [4.69, 9.17) is 23.4 Å². The van der Waals surface area contributed by atoms with Crippen molar-refractivity contribution >= 4 is 22.9 Å². The molecular weight excluding hydrogens is 485 g/mol. The number of fused-ring (bicyclic) bond motifs is 1. The van der Waals surface area contributed by atoms with Crippen LogP contribution in [0, 0.1) is 0 Å². The highest BCUT2D eigenvalue weighted by atomic mass is 19.4. The van der Waals surface area contributed by atoms with Gasteiger partial charge in [0, 0.05) is 6.07 Å².